The molecule has 12 rings (SSSR count). The Bertz CT molecular complexity index is 3510. The molecule has 1 N–H and O–H groups in total. The molecule has 1 aliphatic rings. The first-order chi connectivity index (χ1) is 30.8. The Kier molecular flexibility index (Phi) is 8.49. The van der Waals surface area contributed by atoms with Crippen LogP contribution in [0.3, 0.4) is 0 Å². The number of amidine groups is 1. The Morgan fingerprint density at radius 1 is 0.371 bits per heavy atom. The number of aromatic nitrogens is 2. The smallest absolute Gasteiger partial charge is 0.212 e. The molecule has 2 aromatic heterocycles. The Hall–Kier alpha value is -8.28. The minimum atomic E-state index is -0.393. The van der Waals surface area contributed by atoms with Crippen LogP contribution in [-0.4, -0.2) is 20.9 Å². The lowest BCUT2D eigenvalue weighted by atomic mass is 9.98. The van der Waals surface area contributed by atoms with Gasteiger partial charge in [0.05, 0.1) is 27.8 Å². The monoisotopic (exact) mass is 793 g/mol. The van der Waals surface area contributed by atoms with Crippen LogP contribution in [0.25, 0.3) is 82.7 Å². The highest BCUT2D eigenvalue weighted by molar-refractivity contribution is 6.26. The van der Waals surface area contributed by atoms with E-state index in [9.17, 15) is 0 Å². The van der Waals surface area contributed by atoms with Crippen LogP contribution in [0.4, 0.5) is 0 Å². The second kappa shape index (κ2) is 14.8. The summed E-state index contributed by atoms with van der Waals surface area (Å²) in [6.07, 6.45) is -0.393. The molecule has 1 unspecified atom stereocenters. The van der Waals surface area contributed by atoms with Crippen molar-refractivity contribution in [2.75, 3.05) is 0 Å². The number of hydrogen-bond donors (Lipinski definition) is 1. The first kappa shape index (κ1) is 35.6. The standard InChI is InChI=1S/C57H39N5/c1-5-17-38(18-6-1)40-29-31-43(32-30-40)56-58-55(42-23-11-4-12-24-42)59-57(60-56)62-51-28-16-14-26-47(51)49-36-35-48-46-25-13-15-27-50(46)61(53(48)54(49)62)52-37-44(39-19-7-2-8-20-39)33-34-45(52)41-21-9-3-10-22-41/h1-37,56H,(H,58,59,60). The van der Waals surface area contributed by atoms with E-state index in [4.69, 9.17) is 9.98 Å². The molecule has 0 aliphatic carbocycles. The van der Waals surface area contributed by atoms with E-state index in [-0.39, 0.29) is 0 Å². The first-order valence-corrected chi connectivity index (χ1v) is 21.1. The summed E-state index contributed by atoms with van der Waals surface area (Å²) in [4.78, 5) is 10.7. The third kappa shape index (κ3) is 5.94. The van der Waals surface area contributed by atoms with Crippen LogP contribution in [0.2, 0.25) is 0 Å². The molecule has 11 aromatic rings. The lowest BCUT2D eigenvalue weighted by Gasteiger charge is -2.25. The van der Waals surface area contributed by atoms with Crippen molar-refractivity contribution < 1.29 is 0 Å². The highest BCUT2D eigenvalue weighted by Gasteiger charge is 2.27. The largest absolute Gasteiger partial charge is 0.330 e. The van der Waals surface area contributed by atoms with Gasteiger partial charge in [-0.25, -0.2) is 4.99 Å². The molecular formula is C57H39N5. The van der Waals surface area contributed by atoms with E-state index in [0.29, 0.717) is 11.8 Å². The van der Waals surface area contributed by atoms with E-state index < -0.39 is 6.17 Å². The zero-order valence-electron chi connectivity index (χ0n) is 33.7. The maximum absolute atomic E-state index is 5.43. The number of hydrogen-bond acceptors (Lipinski definition) is 3. The predicted octanol–water partition coefficient (Wildman–Crippen LogP) is 13.8. The molecule has 0 radical (unpaired) electrons. The molecule has 0 saturated heterocycles. The van der Waals surface area contributed by atoms with Crippen molar-refractivity contribution in [1.29, 1.82) is 0 Å². The normalized spacial score (nSPS) is 14.0. The van der Waals surface area contributed by atoms with Gasteiger partial charge in [0, 0.05) is 32.7 Å². The lowest BCUT2D eigenvalue weighted by Crippen LogP contribution is -2.37. The van der Waals surface area contributed by atoms with E-state index in [1.807, 2.05) is 6.07 Å². The van der Waals surface area contributed by atoms with Gasteiger partial charge in [-0.3, -0.25) is 4.57 Å². The van der Waals surface area contributed by atoms with E-state index in [0.717, 1.165) is 71.9 Å². The quantitative estimate of drug-likeness (QED) is 0.179. The van der Waals surface area contributed by atoms with Crippen LogP contribution < -0.4 is 5.32 Å². The fraction of sp³-hybridized carbons (Fsp3) is 0.0175. The van der Waals surface area contributed by atoms with Gasteiger partial charge < -0.3 is 9.88 Å². The van der Waals surface area contributed by atoms with Gasteiger partial charge >= 0.3 is 0 Å². The summed E-state index contributed by atoms with van der Waals surface area (Å²) in [6, 6.07) is 80.0. The molecule has 5 nitrogen and oxygen atoms in total. The average molecular weight is 794 g/mol. The van der Waals surface area contributed by atoms with Gasteiger partial charge in [-0.15, -0.1) is 0 Å². The van der Waals surface area contributed by atoms with Crippen molar-refractivity contribution in [3.63, 3.8) is 0 Å². The summed E-state index contributed by atoms with van der Waals surface area (Å²) in [7, 11) is 0. The second-order valence-electron chi connectivity index (χ2n) is 15.8. The van der Waals surface area contributed by atoms with Crippen molar-refractivity contribution in [3.05, 3.63) is 236 Å². The minimum Gasteiger partial charge on any atom is -0.330 e. The van der Waals surface area contributed by atoms with Crippen LogP contribution in [0, 0.1) is 0 Å². The van der Waals surface area contributed by atoms with Gasteiger partial charge in [-0.05, 0) is 51.6 Å². The van der Waals surface area contributed by atoms with Crippen LogP contribution in [-0.2, 0) is 0 Å². The molecule has 0 bridgehead atoms. The summed E-state index contributed by atoms with van der Waals surface area (Å²) < 4.78 is 4.83. The molecule has 0 amide bonds. The molecule has 292 valence electrons. The van der Waals surface area contributed by atoms with Crippen LogP contribution >= 0.6 is 0 Å². The molecule has 1 atom stereocenters. The topological polar surface area (TPSA) is 46.6 Å². The van der Waals surface area contributed by atoms with Crippen molar-refractivity contribution in [2.24, 2.45) is 9.98 Å². The average Bonchev–Trinajstić information content (AvgIpc) is 3.88. The maximum atomic E-state index is 5.43. The van der Waals surface area contributed by atoms with Gasteiger partial charge in [-0.2, -0.15) is 4.99 Å². The number of aliphatic imine (C=N–C) groups is 2. The fourth-order valence-electron chi connectivity index (χ4n) is 9.29. The third-order valence-corrected chi connectivity index (χ3v) is 12.2. The number of rotatable bonds is 6. The zero-order chi connectivity index (χ0) is 41.0. The molecule has 0 fully saturated rings. The van der Waals surface area contributed by atoms with Crippen molar-refractivity contribution in [2.45, 2.75) is 6.17 Å². The summed E-state index contributed by atoms with van der Waals surface area (Å²) in [5, 5.41) is 8.51. The molecule has 0 saturated carbocycles. The first-order valence-electron chi connectivity index (χ1n) is 21.1. The van der Waals surface area contributed by atoms with Gasteiger partial charge in [0.1, 0.15) is 6.17 Å². The van der Waals surface area contributed by atoms with Crippen LogP contribution in [0.5, 0.6) is 0 Å². The van der Waals surface area contributed by atoms with Gasteiger partial charge in [0.15, 0.2) is 5.84 Å². The highest BCUT2D eigenvalue weighted by Crippen LogP contribution is 2.43. The maximum Gasteiger partial charge on any atom is 0.212 e. The second-order valence-corrected chi connectivity index (χ2v) is 15.8. The molecule has 5 heteroatoms. The van der Waals surface area contributed by atoms with Crippen LogP contribution in [0.15, 0.2) is 234 Å². The van der Waals surface area contributed by atoms with Crippen molar-refractivity contribution in [1.82, 2.24) is 14.5 Å². The fourth-order valence-corrected chi connectivity index (χ4v) is 9.29. The Morgan fingerprint density at radius 3 is 1.45 bits per heavy atom. The van der Waals surface area contributed by atoms with Crippen molar-refractivity contribution in [3.8, 4) is 39.1 Å². The molecule has 0 spiro atoms. The molecular weight excluding hydrogens is 755 g/mol. The third-order valence-electron chi connectivity index (χ3n) is 12.2. The highest BCUT2D eigenvalue weighted by atomic mass is 15.3. The summed E-state index contributed by atoms with van der Waals surface area (Å²) >= 11 is 0. The summed E-state index contributed by atoms with van der Waals surface area (Å²) in [6.45, 7) is 0. The lowest BCUT2D eigenvalue weighted by molar-refractivity contribution is 0.661. The van der Waals surface area contributed by atoms with E-state index in [1.165, 1.54) is 21.9 Å². The van der Waals surface area contributed by atoms with E-state index in [1.54, 1.807) is 0 Å². The number of nitrogens with zero attached hydrogens (tertiary/aromatic N) is 4. The Morgan fingerprint density at radius 2 is 0.839 bits per heavy atom. The van der Waals surface area contributed by atoms with Crippen LogP contribution in [0.1, 0.15) is 17.3 Å². The summed E-state index contributed by atoms with van der Waals surface area (Å²) in [5.74, 6) is 1.39. The molecule has 3 heterocycles. The van der Waals surface area contributed by atoms with Gasteiger partial charge in [0.25, 0.3) is 0 Å². The minimum absolute atomic E-state index is 0.393. The Balaban J connectivity index is 1.15. The van der Waals surface area contributed by atoms with Gasteiger partial charge in [0.2, 0.25) is 5.96 Å². The summed E-state index contributed by atoms with van der Waals surface area (Å²) in [5.41, 5.74) is 14.5. The van der Waals surface area contributed by atoms with Crippen molar-refractivity contribution >= 4 is 55.4 Å². The SMILES string of the molecule is c1ccc(C2=NC(c3ccc(-c4ccccc4)cc3)NC(n3c4ccccc4c4ccc5c6ccccc6n(-c6cc(-c7ccccc7)ccc6-c6ccccc6)c5c43)=N2)cc1. The predicted molar refractivity (Wildman–Crippen MR) is 258 cm³/mol. The van der Waals surface area contributed by atoms with E-state index in [2.05, 4.69) is 233 Å². The number of para-hydroxylation sites is 2. The van der Waals surface area contributed by atoms with Gasteiger partial charge in [-0.1, -0.05) is 206 Å². The number of nitrogens with one attached hydrogen (secondary N) is 1. The Labute approximate surface area is 359 Å². The number of benzene rings is 9. The molecule has 9 aromatic carbocycles. The van der Waals surface area contributed by atoms with E-state index >= 15 is 0 Å². The molecule has 62 heavy (non-hydrogen) atoms. The molecule has 1 aliphatic heterocycles. The zero-order valence-corrected chi connectivity index (χ0v) is 33.7. The number of fused-ring (bicyclic) bond motifs is 7.